The van der Waals surface area contributed by atoms with Crippen LogP contribution >= 0.6 is 0 Å². The van der Waals surface area contributed by atoms with Gasteiger partial charge in [0.1, 0.15) is 6.33 Å². The number of carboxylic acid groups (broad SMARTS) is 1. The van der Waals surface area contributed by atoms with Crippen molar-refractivity contribution >= 4 is 17.0 Å². The molecule has 2 aromatic carbocycles. The minimum atomic E-state index is -5.08. The molecule has 1 saturated heterocycles. The van der Waals surface area contributed by atoms with E-state index >= 15 is 0 Å². The molecule has 9 heteroatoms. The molecule has 5 rings (SSSR count). The molecule has 0 amide bonds. The zero-order chi connectivity index (χ0) is 23.6. The fourth-order valence-electron chi connectivity index (χ4n) is 4.55. The van der Waals surface area contributed by atoms with Gasteiger partial charge in [0.25, 0.3) is 0 Å². The lowest BCUT2D eigenvalue weighted by atomic mass is 9.93. The number of rotatable bonds is 4. The highest BCUT2D eigenvalue weighted by Gasteiger charge is 2.53. The minimum Gasteiger partial charge on any atom is -0.475 e. The molecular weight excluding hydrogens is 433 g/mol. The lowest BCUT2D eigenvalue weighted by Crippen LogP contribution is -2.34. The highest BCUT2D eigenvalue weighted by atomic mass is 19.4. The van der Waals surface area contributed by atoms with Gasteiger partial charge in [0.05, 0.1) is 11.0 Å². The number of hydrogen-bond donors (Lipinski definition) is 3. The van der Waals surface area contributed by atoms with Crippen LogP contribution in [0.1, 0.15) is 37.8 Å². The second kappa shape index (κ2) is 9.15. The third kappa shape index (κ3) is 5.20. The van der Waals surface area contributed by atoms with Gasteiger partial charge in [-0.25, -0.2) is 9.78 Å². The first-order chi connectivity index (χ1) is 15.7. The highest BCUT2D eigenvalue weighted by Crippen LogP contribution is 2.53. The predicted molar refractivity (Wildman–Crippen MR) is 119 cm³/mol. The van der Waals surface area contributed by atoms with Crippen LogP contribution in [0.3, 0.4) is 0 Å². The van der Waals surface area contributed by atoms with Gasteiger partial charge in [-0.15, -0.1) is 0 Å². The number of aromatic nitrogens is 2. The first kappa shape index (κ1) is 23.3. The van der Waals surface area contributed by atoms with E-state index in [0.29, 0.717) is 17.5 Å². The standard InChI is InChI=1S/C22H26N4.C2HF3O2/c1-16(25-21-14-22(21)10-12-23-13-11-22)17-6-8-18(9-7-17)26-15-24-19-4-2-3-5-20(19)26;3-2(4,5)1(6)7/h2-9,15-16,21,23,25H,10-14H2,1H3;(H,6,7). The Morgan fingerprint density at radius 1 is 1.18 bits per heavy atom. The molecule has 1 aliphatic heterocycles. The van der Waals surface area contributed by atoms with Crippen molar-refractivity contribution in [1.82, 2.24) is 20.2 Å². The van der Waals surface area contributed by atoms with Gasteiger partial charge in [0.15, 0.2) is 0 Å². The number of nitrogens with one attached hydrogen (secondary N) is 2. The Morgan fingerprint density at radius 2 is 1.82 bits per heavy atom. The van der Waals surface area contributed by atoms with E-state index in [1.807, 2.05) is 12.4 Å². The van der Waals surface area contributed by atoms with Gasteiger partial charge in [0, 0.05) is 17.8 Å². The number of hydrogen-bond acceptors (Lipinski definition) is 4. The summed E-state index contributed by atoms with van der Waals surface area (Å²) in [5.41, 5.74) is 5.28. The summed E-state index contributed by atoms with van der Waals surface area (Å²) in [6.45, 7) is 4.65. The summed E-state index contributed by atoms with van der Waals surface area (Å²) < 4.78 is 33.9. The summed E-state index contributed by atoms with van der Waals surface area (Å²) in [5.74, 6) is -2.76. The van der Waals surface area contributed by atoms with Crippen LogP contribution in [0.2, 0.25) is 0 Å². The fraction of sp³-hybridized carbons (Fsp3) is 0.417. The van der Waals surface area contributed by atoms with E-state index in [4.69, 9.17) is 9.90 Å². The monoisotopic (exact) mass is 460 g/mol. The van der Waals surface area contributed by atoms with Crippen LogP contribution in [0, 0.1) is 5.41 Å². The van der Waals surface area contributed by atoms with Crippen molar-refractivity contribution < 1.29 is 23.1 Å². The normalized spacial score (nSPS) is 20.2. The minimum absolute atomic E-state index is 0.392. The van der Waals surface area contributed by atoms with Crippen LogP contribution in [0.4, 0.5) is 13.2 Å². The van der Waals surface area contributed by atoms with E-state index in [1.165, 1.54) is 37.9 Å². The molecule has 0 bridgehead atoms. The summed E-state index contributed by atoms with van der Waals surface area (Å²) in [6.07, 6.45) is 0.818. The molecule has 1 spiro atoms. The summed E-state index contributed by atoms with van der Waals surface area (Å²) in [6, 6.07) is 18.3. The second-order valence-electron chi connectivity index (χ2n) is 8.76. The third-order valence-corrected chi connectivity index (χ3v) is 6.61. The lowest BCUT2D eigenvalue weighted by molar-refractivity contribution is -0.192. The van der Waals surface area contributed by atoms with E-state index in [-0.39, 0.29) is 0 Å². The van der Waals surface area contributed by atoms with Gasteiger partial charge < -0.3 is 15.7 Å². The van der Waals surface area contributed by atoms with Crippen molar-refractivity contribution in [2.24, 2.45) is 5.41 Å². The maximum Gasteiger partial charge on any atom is 0.490 e. The van der Waals surface area contributed by atoms with Crippen LogP contribution < -0.4 is 10.6 Å². The van der Waals surface area contributed by atoms with Crippen molar-refractivity contribution in [1.29, 1.82) is 0 Å². The van der Waals surface area contributed by atoms with Crippen LogP contribution in [-0.4, -0.2) is 45.9 Å². The first-order valence-corrected chi connectivity index (χ1v) is 11.0. The fourth-order valence-corrected chi connectivity index (χ4v) is 4.55. The molecule has 3 aromatic rings. The third-order valence-electron chi connectivity index (χ3n) is 6.61. The van der Waals surface area contributed by atoms with Crippen molar-refractivity contribution in [2.45, 2.75) is 44.4 Å². The number of carboxylic acids is 1. The predicted octanol–water partition coefficient (Wildman–Crippen LogP) is 4.45. The number of para-hydroxylation sites is 2. The SMILES string of the molecule is CC(NC1CC12CCNCC2)c1ccc(-n2cnc3ccccc32)cc1.O=C(O)C(F)(F)F. The van der Waals surface area contributed by atoms with Gasteiger partial charge in [-0.1, -0.05) is 24.3 Å². The Morgan fingerprint density at radius 3 is 2.45 bits per heavy atom. The Balaban J connectivity index is 0.000000325. The lowest BCUT2D eigenvalue weighted by Gasteiger charge is -2.25. The van der Waals surface area contributed by atoms with Crippen LogP contribution in [-0.2, 0) is 4.79 Å². The average molecular weight is 461 g/mol. The Labute approximate surface area is 189 Å². The van der Waals surface area contributed by atoms with Gasteiger partial charge in [0.2, 0.25) is 0 Å². The molecule has 1 saturated carbocycles. The Hall–Kier alpha value is -2.91. The number of fused-ring (bicyclic) bond motifs is 1. The van der Waals surface area contributed by atoms with Crippen molar-refractivity contribution in [3.63, 3.8) is 0 Å². The average Bonchev–Trinajstić information content (AvgIpc) is 3.25. The number of piperidine rings is 1. The summed E-state index contributed by atoms with van der Waals surface area (Å²) in [4.78, 5) is 13.4. The molecule has 2 atom stereocenters. The molecule has 2 heterocycles. The van der Waals surface area contributed by atoms with Crippen molar-refractivity contribution in [3.8, 4) is 5.69 Å². The molecule has 1 aliphatic carbocycles. The molecule has 176 valence electrons. The smallest absolute Gasteiger partial charge is 0.475 e. The number of alkyl halides is 3. The highest BCUT2D eigenvalue weighted by molar-refractivity contribution is 5.77. The number of halogens is 3. The Kier molecular flexibility index (Phi) is 6.45. The quantitative estimate of drug-likeness (QED) is 0.536. The maximum absolute atomic E-state index is 10.6. The first-order valence-electron chi connectivity index (χ1n) is 11.0. The van der Waals surface area contributed by atoms with Crippen molar-refractivity contribution in [2.75, 3.05) is 13.1 Å². The molecule has 0 radical (unpaired) electrons. The van der Waals surface area contributed by atoms with Crippen LogP contribution in [0.25, 0.3) is 16.7 Å². The number of imidazole rings is 1. The number of nitrogens with zero attached hydrogens (tertiary/aromatic N) is 2. The number of benzene rings is 2. The molecule has 1 aromatic heterocycles. The van der Waals surface area contributed by atoms with Gasteiger partial charge in [-0.2, -0.15) is 13.2 Å². The zero-order valence-electron chi connectivity index (χ0n) is 18.3. The molecule has 2 aliphatic rings. The van der Waals surface area contributed by atoms with Crippen LogP contribution in [0.15, 0.2) is 54.9 Å². The molecular formula is C24H27F3N4O2. The molecule has 2 fully saturated rings. The number of aliphatic carboxylic acids is 1. The molecule has 6 nitrogen and oxygen atoms in total. The largest absolute Gasteiger partial charge is 0.490 e. The topological polar surface area (TPSA) is 79.2 Å². The zero-order valence-corrected chi connectivity index (χ0v) is 18.3. The van der Waals surface area contributed by atoms with E-state index in [2.05, 4.69) is 69.6 Å². The summed E-state index contributed by atoms with van der Waals surface area (Å²) >= 11 is 0. The summed E-state index contributed by atoms with van der Waals surface area (Å²) in [5, 5.41) is 14.5. The maximum atomic E-state index is 10.6. The molecule has 33 heavy (non-hydrogen) atoms. The van der Waals surface area contributed by atoms with Gasteiger partial charge in [-0.05, 0) is 74.5 Å². The van der Waals surface area contributed by atoms with Crippen molar-refractivity contribution in [3.05, 3.63) is 60.4 Å². The van der Waals surface area contributed by atoms with E-state index < -0.39 is 12.1 Å². The molecule has 2 unspecified atom stereocenters. The van der Waals surface area contributed by atoms with E-state index in [9.17, 15) is 13.2 Å². The van der Waals surface area contributed by atoms with E-state index in [0.717, 1.165) is 16.7 Å². The van der Waals surface area contributed by atoms with E-state index in [1.54, 1.807) is 0 Å². The summed E-state index contributed by atoms with van der Waals surface area (Å²) in [7, 11) is 0. The number of carbonyl (C=O) groups is 1. The second-order valence-corrected chi connectivity index (χ2v) is 8.76. The van der Waals surface area contributed by atoms with Crippen LogP contribution in [0.5, 0.6) is 0 Å². The van der Waals surface area contributed by atoms with Gasteiger partial charge >= 0.3 is 12.1 Å². The molecule has 3 N–H and O–H groups in total. The van der Waals surface area contributed by atoms with Gasteiger partial charge in [-0.3, -0.25) is 4.57 Å². The Bertz CT molecular complexity index is 1100.